The van der Waals surface area contributed by atoms with E-state index in [1.807, 2.05) is 6.07 Å². The lowest BCUT2D eigenvalue weighted by Crippen LogP contribution is -2.32. The maximum atomic E-state index is 5.42. The van der Waals surface area contributed by atoms with Gasteiger partial charge in [-0.1, -0.05) is 33.6 Å². The van der Waals surface area contributed by atoms with E-state index < -0.39 is 0 Å². The molecule has 0 fully saturated rings. The average Bonchev–Trinajstić information content (AvgIpc) is 2.91. The Morgan fingerprint density at radius 1 is 1.22 bits per heavy atom. The first-order valence-electron chi connectivity index (χ1n) is 7.55. The van der Waals surface area contributed by atoms with Crippen LogP contribution in [0.25, 0.3) is 0 Å². The third-order valence-electron chi connectivity index (χ3n) is 3.77. The number of hydrogen-bond acceptors (Lipinski definition) is 2. The van der Waals surface area contributed by atoms with Crippen LogP contribution in [0.15, 0.2) is 22.8 Å². The van der Waals surface area contributed by atoms with E-state index in [0.717, 1.165) is 24.6 Å². The zero-order valence-electron chi connectivity index (χ0n) is 12.2. The Morgan fingerprint density at radius 2 is 2.00 bits per heavy atom. The van der Waals surface area contributed by atoms with Crippen molar-refractivity contribution < 1.29 is 4.42 Å². The van der Waals surface area contributed by atoms with Gasteiger partial charge in [0.15, 0.2) is 0 Å². The molecule has 0 saturated carbocycles. The molecule has 0 saturated heterocycles. The fourth-order valence-corrected chi connectivity index (χ4v) is 2.45. The molecule has 1 aromatic heterocycles. The summed E-state index contributed by atoms with van der Waals surface area (Å²) in [6.45, 7) is 7.96. The van der Waals surface area contributed by atoms with Gasteiger partial charge in [-0.05, 0) is 43.9 Å². The second kappa shape index (κ2) is 9.21. The number of aryl methyl sites for hydroxylation is 1. The van der Waals surface area contributed by atoms with Crippen LogP contribution >= 0.6 is 0 Å². The second-order valence-corrected chi connectivity index (χ2v) is 5.19. The lowest BCUT2D eigenvalue weighted by molar-refractivity contribution is 0.345. The van der Waals surface area contributed by atoms with Gasteiger partial charge in [0.1, 0.15) is 5.76 Å². The van der Waals surface area contributed by atoms with E-state index in [0.29, 0.717) is 6.04 Å². The van der Waals surface area contributed by atoms with E-state index in [-0.39, 0.29) is 0 Å². The van der Waals surface area contributed by atoms with Crippen molar-refractivity contribution in [3.63, 3.8) is 0 Å². The van der Waals surface area contributed by atoms with Crippen molar-refractivity contribution in [3.8, 4) is 0 Å². The smallest absolute Gasteiger partial charge is 0.103 e. The van der Waals surface area contributed by atoms with Gasteiger partial charge >= 0.3 is 0 Å². The molecule has 0 bridgehead atoms. The predicted octanol–water partition coefficient (Wildman–Crippen LogP) is 4.41. The highest BCUT2D eigenvalue weighted by molar-refractivity contribution is 4.98. The van der Waals surface area contributed by atoms with Crippen LogP contribution in [-0.4, -0.2) is 12.6 Å². The van der Waals surface area contributed by atoms with Crippen molar-refractivity contribution in [1.29, 1.82) is 0 Å². The van der Waals surface area contributed by atoms with Crippen LogP contribution in [-0.2, 0) is 6.42 Å². The maximum absolute atomic E-state index is 5.42. The van der Waals surface area contributed by atoms with Gasteiger partial charge < -0.3 is 9.73 Å². The summed E-state index contributed by atoms with van der Waals surface area (Å²) in [5.74, 6) is 1.97. The summed E-state index contributed by atoms with van der Waals surface area (Å²) in [5.41, 5.74) is 0. The summed E-state index contributed by atoms with van der Waals surface area (Å²) in [6, 6.07) is 4.69. The van der Waals surface area contributed by atoms with Gasteiger partial charge in [-0.3, -0.25) is 0 Å². The van der Waals surface area contributed by atoms with Crippen molar-refractivity contribution >= 4 is 0 Å². The first-order chi connectivity index (χ1) is 8.80. The fourth-order valence-electron chi connectivity index (χ4n) is 2.45. The Labute approximate surface area is 112 Å². The highest BCUT2D eigenvalue weighted by atomic mass is 16.3. The highest BCUT2D eigenvalue weighted by Gasteiger charge is 2.14. The van der Waals surface area contributed by atoms with Gasteiger partial charge in [0, 0.05) is 12.5 Å². The van der Waals surface area contributed by atoms with Gasteiger partial charge in [-0.25, -0.2) is 0 Å². The lowest BCUT2D eigenvalue weighted by Gasteiger charge is -2.23. The van der Waals surface area contributed by atoms with E-state index in [1.54, 1.807) is 6.26 Å². The molecule has 1 aromatic rings. The molecule has 104 valence electrons. The van der Waals surface area contributed by atoms with E-state index >= 15 is 0 Å². The van der Waals surface area contributed by atoms with Crippen molar-refractivity contribution in [1.82, 2.24) is 5.32 Å². The molecular weight excluding hydrogens is 222 g/mol. The monoisotopic (exact) mass is 251 g/mol. The summed E-state index contributed by atoms with van der Waals surface area (Å²) in [6.07, 6.45) is 9.10. The SMILES string of the molecule is CCCNC(CCc1ccco1)CC(CC)CC. The number of furan rings is 1. The zero-order chi connectivity index (χ0) is 13.2. The summed E-state index contributed by atoms with van der Waals surface area (Å²) in [5, 5.41) is 3.69. The molecule has 0 spiro atoms. The lowest BCUT2D eigenvalue weighted by atomic mass is 9.92. The van der Waals surface area contributed by atoms with Gasteiger partial charge in [0.2, 0.25) is 0 Å². The molecule has 18 heavy (non-hydrogen) atoms. The molecule has 0 radical (unpaired) electrons. The van der Waals surface area contributed by atoms with Crippen molar-refractivity contribution in [2.24, 2.45) is 5.92 Å². The normalized spacial score (nSPS) is 13.1. The molecule has 0 amide bonds. The van der Waals surface area contributed by atoms with E-state index in [4.69, 9.17) is 4.42 Å². The van der Waals surface area contributed by atoms with E-state index in [9.17, 15) is 0 Å². The van der Waals surface area contributed by atoms with Gasteiger partial charge in [0.25, 0.3) is 0 Å². The molecule has 0 aliphatic rings. The van der Waals surface area contributed by atoms with Crippen molar-refractivity contribution in [2.75, 3.05) is 6.54 Å². The van der Waals surface area contributed by atoms with E-state index in [1.165, 1.54) is 32.1 Å². The highest BCUT2D eigenvalue weighted by Crippen LogP contribution is 2.18. The van der Waals surface area contributed by atoms with Gasteiger partial charge in [0.05, 0.1) is 6.26 Å². The zero-order valence-corrected chi connectivity index (χ0v) is 12.2. The van der Waals surface area contributed by atoms with Crippen LogP contribution in [0.2, 0.25) is 0 Å². The molecular formula is C16H29NO. The Bertz CT molecular complexity index is 277. The van der Waals surface area contributed by atoms with Crippen LogP contribution < -0.4 is 5.32 Å². The molecule has 2 nitrogen and oxygen atoms in total. The van der Waals surface area contributed by atoms with Crippen LogP contribution in [0.4, 0.5) is 0 Å². The second-order valence-electron chi connectivity index (χ2n) is 5.19. The average molecular weight is 251 g/mol. The topological polar surface area (TPSA) is 25.2 Å². The van der Waals surface area contributed by atoms with Crippen LogP contribution in [0.3, 0.4) is 0 Å². The quantitative estimate of drug-likeness (QED) is 0.666. The Hall–Kier alpha value is -0.760. The van der Waals surface area contributed by atoms with Crippen molar-refractivity contribution in [3.05, 3.63) is 24.2 Å². The van der Waals surface area contributed by atoms with Gasteiger partial charge in [-0.2, -0.15) is 0 Å². The molecule has 1 heterocycles. The third-order valence-corrected chi connectivity index (χ3v) is 3.77. The largest absolute Gasteiger partial charge is 0.469 e. The van der Waals surface area contributed by atoms with Crippen molar-refractivity contribution in [2.45, 2.75) is 65.3 Å². The van der Waals surface area contributed by atoms with E-state index in [2.05, 4.69) is 32.2 Å². The molecule has 0 aliphatic heterocycles. The first kappa shape index (κ1) is 15.3. The summed E-state index contributed by atoms with van der Waals surface area (Å²) < 4.78 is 5.42. The van der Waals surface area contributed by atoms with Gasteiger partial charge in [-0.15, -0.1) is 0 Å². The van der Waals surface area contributed by atoms with Crippen LogP contribution in [0, 0.1) is 5.92 Å². The number of hydrogen-bond donors (Lipinski definition) is 1. The summed E-state index contributed by atoms with van der Waals surface area (Å²) in [4.78, 5) is 0. The molecule has 1 rings (SSSR count). The third kappa shape index (κ3) is 5.72. The summed E-state index contributed by atoms with van der Waals surface area (Å²) in [7, 11) is 0. The summed E-state index contributed by atoms with van der Waals surface area (Å²) >= 11 is 0. The van der Waals surface area contributed by atoms with Crippen LogP contribution in [0.5, 0.6) is 0 Å². The number of nitrogens with one attached hydrogen (secondary N) is 1. The Balaban J connectivity index is 2.38. The standard InChI is InChI=1S/C16H29NO/c1-4-11-17-15(13-14(5-2)6-3)9-10-16-8-7-12-18-16/h7-8,12,14-15,17H,4-6,9-11,13H2,1-3H3. The molecule has 0 aromatic carbocycles. The Kier molecular flexibility index (Phi) is 7.83. The minimum atomic E-state index is 0.639. The minimum absolute atomic E-state index is 0.639. The number of rotatable bonds is 10. The molecule has 1 N–H and O–H groups in total. The van der Waals surface area contributed by atoms with Crippen LogP contribution in [0.1, 0.15) is 58.6 Å². The molecule has 2 heteroatoms. The molecule has 1 unspecified atom stereocenters. The minimum Gasteiger partial charge on any atom is -0.469 e. The predicted molar refractivity (Wildman–Crippen MR) is 77.8 cm³/mol. The Morgan fingerprint density at radius 3 is 2.56 bits per heavy atom. The fraction of sp³-hybridized carbons (Fsp3) is 0.750. The first-order valence-corrected chi connectivity index (χ1v) is 7.55. The molecule has 0 aliphatic carbocycles. The molecule has 1 atom stereocenters. The maximum Gasteiger partial charge on any atom is 0.103 e.